The molecule has 2 aromatic rings. The predicted octanol–water partition coefficient (Wildman–Crippen LogP) is 3.62. The minimum atomic E-state index is -0.164. The van der Waals surface area contributed by atoms with Gasteiger partial charge < -0.3 is 10.2 Å². The normalized spacial score (nSPS) is 10.3. The van der Waals surface area contributed by atoms with Gasteiger partial charge in [-0.15, -0.1) is 0 Å². The maximum absolute atomic E-state index is 12.6. The molecule has 1 N–H and O–H groups in total. The van der Waals surface area contributed by atoms with Crippen LogP contribution in [0.5, 0.6) is 0 Å². The fourth-order valence-electron chi connectivity index (χ4n) is 1.99. The number of halogens is 1. The Morgan fingerprint density at radius 3 is 2.57 bits per heavy atom. The van der Waals surface area contributed by atoms with E-state index in [2.05, 4.69) is 17.2 Å². The SMILES string of the molecule is CCc1ccc(N(C)C(=O)c2cc(NC)ncc2Cl)cc1. The van der Waals surface area contributed by atoms with Crippen molar-refractivity contribution >= 4 is 29.0 Å². The van der Waals surface area contributed by atoms with Crippen LogP contribution in [0.1, 0.15) is 22.8 Å². The van der Waals surface area contributed by atoms with Crippen molar-refractivity contribution in [1.29, 1.82) is 0 Å². The Balaban J connectivity index is 2.29. The molecule has 1 aromatic carbocycles. The molecule has 0 aliphatic carbocycles. The number of benzene rings is 1. The van der Waals surface area contributed by atoms with E-state index in [9.17, 15) is 4.79 Å². The van der Waals surface area contributed by atoms with Crippen LogP contribution in [0.25, 0.3) is 0 Å². The highest BCUT2D eigenvalue weighted by Gasteiger charge is 2.17. The molecule has 2 rings (SSSR count). The lowest BCUT2D eigenvalue weighted by Gasteiger charge is -2.18. The third-order valence-corrected chi connectivity index (χ3v) is 3.68. The van der Waals surface area contributed by atoms with Gasteiger partial charge in [-0.2, -0.15) is 0 Å². The van der Waals surface area contributed by atoms with E-state index in [4.69, 9.17) is 11.6 Å². The number of anilines is 2. The highest BCUT2D eigenvalue weighted by molar-refractivity contribution is 6.34. The molecule has 0 saturated carbocycles. The Bertz CT molecular complexity index is 640. The molecule has 0 fully saturated rings. The zero-order valence-corrected chi connectivity index (χ0v) is 13.1. The molecule has 4 nitrogen and oxygen atoms in total. The van der Waals surface area contributed by atoms with E-state index < -0.39 is 0 Å². The molecule has 0 bridgehead atoms. The third kappa shape index (κ3) is 3.34. The molecule has 1 heterocycles. The first kappa shape index (κ1) is 15.3. The summed E-state index contributed by atoms with van der Waals surface area (Å²) in [4.78, 5) is 18.2. The lowest BCUT2D eigenvalue weighted by molar-refractivity contribution is 0.0993. The van der Waals surface area contributed by atoms with Crippen LogP contribution in [-0.2, 0) is 6.42 Å². The number of carbonyl (C=O) groups excluding carboxylic acids is 1. The lowest BCUT2D eigenvalue weighted by Crippen LogP contribution is -2.26. The number of nitrogens with zero attached hydrogens (tertiary/aromatic N) is 2. The summed E-state index contributed by atoms with van der Waals surface area (Å²) < 4.78 is 0. The Morgan fingerprint density at radius 1 is 1.33 bits per heavy atom. The predicted molar refractivity (Wildman–Crippen MR) is 87.3 cm³/mol. The average molecular weight is 304 g/mol. The van der Waals surface area contributed by atoms with Crippen molar-refractivity contribution in [2.75, 3.05) is 24.3 Å². The molecule has 0 spiro atoms. The average Bonchev–Trinajstić information content (AvgIpc) is 2.54. The standard InChI is InChI=1S/C16H18ClN3O/c1-4-11-5-7-12(8-6-11)20(3)16(21)13-9-15(18-2)19-10-14(13)17/h5-10H,4H2,1-3H3,(H,18,19). The smallest absolute Gasteiger partial charge is 0.259 e. The second-order valence-corrected chi connectivity index (χ2v) is 5.09. The van der Waals surface area contributed by atoms with E-state index in [0.717, 1.165) is 12.1 Å². The molecule has 0 aliphatic rings. The topological polar surface area (TPSA) is 45.2 Å². The van der Waals surface area contributed by atoms with Gasteiger partial charge >= 0.3 is 0 Å². The Kier molecular flexibility index (Phi) is 4.81. The number of carbonyl (C=O) groups is 1. The number of hydrogen-bond donors (Lipinski definition) is 1. The summed E-state index contributed by atoms with van der Waals surface area (Å²) >= 11 is 6.09. The fourth-order valence-corrected chi connectivity index (χ4v) is 2.18. The van der Waals surface area contributed by atoms with Gasteiger partial charge in [0.25, 0.3) is 5.91 Å². The molecular weight excluding hydrogens is 286 g/mol. The van der Waals surface area contributed by atoms with Crippen LogP contribution in [0, 0.1) is 0 Å². The summed E-state index contributed by atoms with van der Waals surface area (Å²) in [5.41, 5.74) is 2.49. The number of nitrogens with one attached hydrogen (secondary N) is 1. The maximum Gasteiger partial charge on any atom is 0.259 e. The van der Waals surface area contributed by atoms with Gasteiger partial charge in [-0.25, -0.2) is 4.98 Å². The molecule has 0 saturated heterocycles. The molecule has 0 unspecified atom stereocenters. The molecule has 0 aliphatic heterocycles. The molecule has 0 atom stereocenters. The van der Waals surface area contributed by atoms with Crippen LogP contribution < -0.4 is 10.2 Å². The van der Waals surface area contributed by atoms with E-state index in [0.29, 0.717) is 16.4 Å². The van der Waals surface area contributed by atoms with Crippen molar-refractivity contribution in [2.45, 2.75) is 13.3 Å². The van der Waals surface area contributed by atoms with E-state index in [1.165, 1.54) is 11.8 Å². The number of pyridine rings is 1. The molecule has 0 radical (unpaired) electrons. The zero-order chi connectivity index (χ0) is 15.4. The van der Waals surface area contributed by atoms with Crippen molar-refractivity contribution in [2.24, 2.45) is 0 Å². The number of hydrogen-bond acceptors (Lipinski definition) is 3. The first-order chi connectivity index (χ1) is 10.1. The largest absolute Gasteiger partial charge is 0.373 e. The van der Waals surface area contributed by atoms with E-state index >= 15 is 0 Å². The van der Waals surface area contributed by atoms with Crippen molar-refractivity contribution in [3.63, 3.8) is 0 Å². The van der Waals surface area contributed by atoms with Crippen LogP contribution in [0.15, 0.2) is 36.5 Å². The summed E-state index contributed by atoms with van der Waals surface area (Å²) in [6, 6.07) is 9.57. The molecule has 5 heteroatoms. The van der Waals surface area contributed by atoms with Crippen molar-refractivity contribution < 1.29 is 4.79 Å². The second-order valence-electron chi connectivity index (χ2n) is 4.68. The van der Waals surface area contributed by atoms with Crippen LogP contribution in [0.4, 0.5) is 11.5 Å². The van der Waals surface area contributed by atoms with E-state index in [1.54, 1.807) is 25.1 Å². The number of aromatic nitrogens is 1. The highest BCUT2D eigenvalue weighted by Crippen LogP contribution is 2.22. The molecule has 1 amide bonds. The van der Waals surface area contributed by atoms with Crippen molar-refractivity contribution in [3.05, 3.63) is 52.7 Å². The van der Waals surface area contributed by atoms with Gasteiger partial charge in [0.15, 0.2) is 0 Å². The summed E-state index contributed by atoms with van der Waals surface area (Å²) in [6.45, 7) is 2.10. The van der Waals surface area contributed by atoms with Crippen molar-refractivity contribution in [1.82, 2.24) is 4.98 Å². The molecular formula is C16H18ClN3O. The van der Waals surface area contributed by atoms with Gasteiger partial charge in [0.1, 0.15) is 5.82 Å². The van der Waals surface area contributed by atoms with E-state index in [-0.39, 0.29) is 5.91 Å². The summed E-state index contributed by atoms with van der Waals surface area (Å²) in [6.07, 6.45) is 2.45. The minimum absolute atomic E-state index is 0.164. The van der Waals surface area contributed by atoms with Gasteiger partial charge in [0.05, 0.1) is 10.6 Å². The molecule has 21 heavy (non-hydrogen) atoms. The third-order valence-electron chi connectivity index (χ3n) is 3.38. The highest BCUT2D eigenvalue weighted by atomic mass is 35.5. The molecule has 110 valence electrons. The van der Waals surface area contributed by atoms with Crippen LogP contribution in [-0.4, -0.2) is 25.0 Å². The Labute approximate surface area is 129 Å². The monoisotopic (exact) mass is 303 g/mol. The van der Waals surface area contributed by atoms with Crippen LogP contribution >= 0.6 is 11.6 Å². The second kappa shape index (κ2) is 6.59. The van der Waals surface area contributed by atoms with E-state index in [1.807, 2.05) is 24.3 Å². The maximum atomic E-state index is 12.6. The first-order valence-corrected chi connectivity index (χ1v) is 7.15. The fraction of sp³-hybridized carbons (Fsp3) is 0.250. The Morgan fingerprint density at radius 2 is 2.00 bits per heavy atom. The van der Waals surface area contributed by atoms with Gasteiger partial charge in [-0.1, -0.05) is 30.7 Å². The number of rotatable bonds is 4. The molecule has 1 aromatic heterocycles. The quantitative estimate of drug-likeness (QED) is 0.938. The minimum Gasteiger partial charge on any atom is -0.373 e. The first-order valence-electron chi connectivity index (χ1n) is 6.77. The summed E-state index contributed by atoms with van der Waals surface area (Å²) in [5, 5.41) is 3.25. The van der Waals surface area contributed by atoms with Crippen LogP contribution in [0.3, 0.4) is 0 Å². The van der Waals surface area contributed by atoms with Crippen molar-refractivity contribution in [3.8, 4) is 0 Å². The lowest BCUT2D eigenvalue weighted by atomic mass is 10.1. The zero-order valence-electron chi connectivity index (χ0n) is 12.4. The van der Waals surface area contributed by atoms with Crippen LogP contribution in [0.2, 0.25) is 5.02 Å². The van der Waals surface area contributed by atoms with Gasteiger partial charge in [-0.05, 0) is 30.2 Å². The Hall–Kier alpha value is -2.07. The van der Waals surface area contributed by atoms with Gasteiger partial charge in [0.2, 0.25) is 0 Å². The van der Waals surface area contributed by atoms with Gasteiger partial charge in [-0.3, -0.25) is 4.79 Å². The summed E-state index contributed by atoms with van der Waals surface area (Å²) in [7, 11) is 3.48. The number of amides is 1. The van der Waals surface area contributed by atoms with Gasteiger partial charge in [0, 0.05) is 26.0 Å². The number of aryl methyl sites for hydroxylation is 1. The summed E-state index contributed by atoms with van der Waals surface area (Å²) in [5.74, 6) is 0.445.